The molecule has 0 atom stereocenters. The van der Waals surface area contributed by atoms with Crippen LogP contribution in [0.5, 0.6) is 0 Å². The summed E-state index contributed by atoms with van der Waals surface area (Å²) in [5.74, 6) is 0.603. The zero-order valence-corrected chi connectivity index (χ0v) is 12.6. The lowest BCUT2D eigenvalue weighted by Crippen LogP contribution is -2.21. The van der Waals surface area contributed by atoms with E-state index in [-0.39, 0.29) is 17.8 Å². The van der Waals surface area contributed by atoms with Gasteiger partial charge in [-0.2, -0.15) is 15.0 Å². The number of primary amides is 1. The molecule has 0 unspecified atom stereocenters. The minimum absolute atomic E-state index is 0.0503. The quantitative estimate of drug-likeness (QED) is 0.574. The van der Waals surface area contributed by atoms with Gasteiger partial charge in [0.2, 0.25) is 17.8 Å². The maximum Gasteiger partial charge on any atom is 0.319 e. The van der Waals surface area contributed by atoms with Crippen LogP contribution in [-0.4, -0.2) is 21.0 Å². The number of nitrogens with two attached hydrogens (primary N) is 1. The third-order valence-electron chi connectivity index (χ3n) is 2.93. The second kappa shape index (κ2) is 7.05. The van der Waals surface area contributed by atoms with Crippen LogP contribution in [0.4, 0.5) is 34.0 Å². The molecule has 0 aliphatic heterocycles. The number of aromatic nitrogens is 3. The van der Waals surface area contributed by atoms with Gasteiger partial charge in [-0.25, -0.2) is 4.79 Å². The minimum atomic E-state index is -0.752. The van der Waals surface area contributed by atoms with Gasteiger partial charge in [-0.3, -0.25) is 5.32 Å². The second-order valence-electron chi connectivity index (χ2n) is 4.78. The first-order valence-electron chi connectivity index (χ1n) is 7.16. The van der Waals surface area contributed by atoms with Crippen molar-refractivity contribution in [2.45, 2.75) is 0 Å². The highest BCUT2D eigenvalue weighted by molar-refractivity contribution is 5.86. The Hall–Kier alpha value is -3.68. The largest absolute Gasteiger partial charge is 0.351 e. The van der Waals surface area contributed by atoms with Gasteiger partial charge in [-0.1, -0.05) is 36.4 Å². The van der Waals surface area contributed by atoms with Gasteiger partial charge in [0, 0.05) is 11.4 Å². The van der Waals surface area contributed by atoms with Gasteiger partial charge in [-0.05, 0) is 24.3 Å². The fraction of sp³-hybridized carbons (Fsp3) is 0. The summed E-state index contributed by atoms with van der Waals surface area (Å²) in [5, 5.41) is 8.45. The summed E-state index contributed by atoms with van der Waals surface area (Å²) in [6.07, 6.45) is 0. The summed E-state index contributed by atoms with van der Waals surface area (Å²) < 4.78 is 0. The molecule has 2 aromatic carbocycles. The van der Waals surface area contributed by atoms with Crippen molar-refractivity contribution in [1.82, 2.24) is 15.0 Å². The molecular formula is C16H15N7O. The highest BCUT2D eigenvalue weighted by Crippen LogP contribution is 2.18. The molecule has 3 aromatic rings. The maximum atomic E-state index is 11.1. The van der Waals surface area contributed by atoms with Gasteiger partial charge in [-0.15, -0.1) is 0 Å². The van der Waals surface area contributed by atoms with Crippen LogP contribution in [0.3, 0.4) is 0 Å². The van der Waals surface area contributed by atoms with Crippen LogP contribution in [0, 0.1) is 0 Å². The number of urea groups is 1. The molecule has 0 radical (unpaired) electrons. The fourth-order valence-corrected chi connectivity index (χ4v) is 1.96. The molecule has 0 fully saturated rings. The third kappa shape index (κ3) is 4.17. The Bertz CT molecular complexity index is 765. The van der Waals surface area contributed by atoms with Crippen molar-refractivity contribution in [2.75, 3.05) is 16.0 Å². The molecule has 3 rings (SSSR count). The molecule has 0 saturated heterocycles. The summed E-state index contributed by atoms with van der Waals surface area (Å²) in [6.45, 7) is 0. The Kier molecular flexibility index (Phi) is 4.47. The standard InChI is InChI=1S/C16H15N7O/c17-13(24)20-16-22-14(18-11-7-3-1-4-8-11)21-15(23-16)19-12-9-5-2-6-10-12/h1-10H,(H5,17,18,19,20,21,22,23,24). The number of benzene rings is 2. The van der Waals surface area contributed by atoms with Crippen molar-refractivity contribution in [3.05, 3.63) is 60.7 Å². The smallest absolute Gasteiger partial charge is 0.319 e. The number of hydrogen-bond acceptors (Lipinski definition) is 6. The van der Waals surface area contributed by atoms with Gasteiger partial charge in [0.15, 0.2) is 0 Å². The van der Waals surface area contributed by atoms with Crippen molar-refractivity contribution >= 4 is 35.3 Å². The number of hydrogen-bond donors (Lipinski definition) is 4. The number of para-hydroxylation sites is 2. The first-order chi connectivity index (χ1) is 11.7. The Morgan fingerprint density at radius 1 is 0.708 bits per heavy atom. The molecule has 5 N–H and O–H groups in total. The van der Waals surface area contributed by atoms with E-state index in [4.69, 9.17) is 5.73 Å². The van der Waals surface area contributed by atoms with E-state index in [9.17, 15) is 4.79 Å². The number of nitrogens with one attached hydrogen (secondary N) is 3. The van der Waals surface area contributed by atoms with Crippen LogP contribution in [-0.2, 0) is 0 Å². The first kappa shape index (κ1) is 15.2. The van der Waals surface area contributed by atoms with Crippen molar-refractivity contribution < 1.29 is 4.79 Å². The average molecular weight is 321 g/mol. The molecule has 0 aliphatic carbocycles. The van der Waals surface area contributed by atoms with Crippen LogP contribution in [0.15, 0.2) is 60.7 Å². The second-order valence-corrected chi connectivity index (χ2v) is 4.78. The number of carbonyl (C=O) groups is 1. The highest BCUT2D eigenvalue weighted by atomic mass is 16.2. The topological polar surface area (TPSA) is 118 Å². The van der Waals surface area contributed by atoms with Gasteiger partial charge in [0.1, 0.15) is 0 Å². The average Bonchev–Trinajstić information content (AvgIpc) is 2.56. The number of nitrogens with zero attached hydrogens (tertiary/aromatic N) is 3. The van der Waals surface area contributed by atoms with Crippen molar-refractivity contribution in [3.63, 3.8) is 0 Å². The molecule has 8 nitrogen and oxygen atoms in total. The van der Waals surface area contributed by atoms with Gasteiger partial charge in [0.05, 0.1) is 0 Å². The van der Waals surface area contributed by atoms with Crippen molar-refractivity contribution in [3.8, 4) is 0 Å². The molecule has 1 aromatic heterocycles. The fourth-order valence-electron chi connectivity index (χ4n) is 1.96. The van der Waals surface area contributed by atoms with Gasteiger partial charge in [0.25, 0.3) is 0 Å². The van der Waals surface area contributed by atoms with E-state index in [2.05, 4.69) is 30.9 Å². The molecule has 0 aliphatic rings. The summed E-state index contributed by atoms with van der Waals surface area (Å²) in [5.41, 5.74) is 6.75. The van der Waals surface area contributed by atoms with Crippen LogP contribution in [0.2, 0.25) is 0 Å². The number of carbonyl (C=O) groups excluding carboxylic acids is 1. The molecule has 1 heterocycles. The normalized spacial score (nSPS) is 10.0. The molecule has 120 valence electrons. The van der Waals surface area contributed by atoms with E-state index in [0.29, 0.717) is 0 Å². The first-order valence-corrected chi connectivity index (χ1v) is 7.16. The zero-order valence-electron chi connectivity index (χ0n) is 12.6. The van der Waals surface area contributed by atoms with E-state index < -0.39 is 6.03 Å². The van der Waals surface area contributed by atoms with E-state index >= 15 is 0 Å². The summed E-state index contributed by atoms with van der Waals surface area (Å²) in [6, 6.07) is 18.1. The van der Waals surface area contributed by atoms with E-state index in [1.807, 2.05) is 60.7 Å². The van der Waals surface area contributed by atoms with Crippen molar-refractivity contribution in [1.29, 1.82) is 0 Å². The van der Waals surface area contributed by atoms with Crippen LogP contribution in [0.1, 0.15) is 0 Å². The molecule has 0 saturated carbocycles. The molecule has 0 spiro atoms. The Balaban J connectivity index is 1.89. The van der Waals surface area contributed by atoms with Gasteiger partial charge < -0.3 is 16.4 Å². The van der Waals surface area contributed by atoms with E-state index in [1.54, 1.807) is 0 Å². The monoisotopic (exact) mass is 321 g/mol. The lowest BCUT2D eigenvalue weighted by atomic mass is 10.3. The summed E-state index contributed by atoms with van der Waals surface area (Å²) >= 11 is 0. The number of rotatable bonds is 5. The van der Waals surface area contributed by atoms with Crippen LogP contribution >= 0.6 is 0 Å². The maximum absolute atomic E-state index is 11.1. The van der Waals surface area contributed by atoms with E-state index in [0.717, 1.165) is 11.4 Å². The predicted octanol–water partition coefficient (Wildman–Crippen LogP) is 2.85. The lowest BCUT2D eigenvalue weighted by molar-refractivity contribution is 0.259. The summed E-state index contributed by atoms with van der Waals surface area (Å²) in [4.78, 5) is 23.6. The summed E-state index contributed by atoms with van der Waals surface area (Å²) in [7, 11) is 0. The predicted molar refractivity (Wildman–Crippen MR) is 92.5 cm³/mol. The van der Waals surface area contributed by atoms with Crippen LogP contribution in [0.25, 0.3) is 0 Å². The highest BCUT2D eigenvalue weighted by Gasteiger charge is 2.09. The Labute approximate surface area is 138 Å². The number of amides is 2. The van der Waals surface area contributed by atoms with Gasteiger partial charge >= 0.3 is 6.03 Å². The van der Waals surface area contributed by atoms with Crippen LogP contribution < -0.4 is 21.7 Å². The third-order valence-corrected chi connectivity index (χ3v) is 2.93. The Morgan fingerprint density at radius 2 is 1.12 bits per heavy atom. The molecule has 2 amide bonds. The molecular weight excluding hydrogens is 306 g/mol. The van der Waals surface area contributed by atoms with E-state index in [1.165, 1.54) is 0 Å². The Morgan fingerprint density at radius 3 is 1.54 bits per heavy atom. The SMILES string of the molecule is NC(=O)Nc1nc(Nc2ccccc2)nc(Nc2ccccc2)n1. The zero-order chi connectivity index (χ0) is 16.8. The van der Waals surface area contributed by atoms with Crippen molar-refractivity contribution in [2.24, 2.45) is 5.73 Å². The molecule has 0 bridgehead atoms. The lowest BCUT2D eigenvalue weighted by Gasteiger charge is -2.10. The molecule has 24 heavy (non-hydrogen) atoms. The molecule has 8 heteroatoms. The minimum Gasteiger partial charge on any atom is -0.351 e. The number of anilines is 5.